The first kappa shape index (κ1) is 24.9. The van der Waals surface area contributed by atoms with Crippen LogP contribution >= 0.6 is 11.6 Å². The Morgan fingerprint density at radius 1 is 1.09 bits per heavy atom. The SMILES string of the molecule is O=C(N[C@@H]1CCOC1)N[C@@](Cc1ccccc1)(c1cc(F)cc(C(F)(F)F)c1)c1ccc(Cl)cn1. The Kier molecular flexibility index (Phi) is 7.28. The number of benzene rings is 2. The van der Waals surface area contributed by atoms with E-state index >= 15 is 0 Å². The summed E-state index contributed by atoms with van der Waals surface area (Å²) in [4.78, 5) is 17.5. The van der Waals surface area contributed by atoms with Crippen LogP contribution in [0.3, 0.4) is 0 Å². The second-order valence-electron chi connectivity index (χ2n) is 8.31. The lowest BCUT2D eigenvalue weighted by Crippen LogP contribution is -2.54. The highest BCUT2D eigenvalue weighted by Crippen LogP contribution is 2.37. The van der Waals surface area contributed by atoms with Crippen LogP contribution in [0, 0.1) is 5.82 Å². The normalized spacial score (nSPS) is 17.6. The smallest absolute Gasteiger partial charge is 0.379 e. The number of nitrogens with one attached hydrogen (secondary N) is 2. The highest BCUT2D eigenvalue weighted by atomic mass is 35.5. The van der Waals surface area contributed by atoms with Gasteiger partial charge in [0, 0.05) is 19.2 Å². The minimum Gasteiger partial charge on any atom is -0.379 e. The van der Waals surface area contributed by atoms with Crippen molar-refractivity contribution in [2.24, 2.45) is 0 Å². The first-order valence-electron chi connectivity index (χ1n) is 10.9. The summed E-state index contributed by atoms with van der Waals surface area (Å²) in [5.41, 5.74) is -2.06. The first-order valence-corrected chi connectivity index (χ1v) is 11.2. The van der Waals surface area contributed by atoms with E-state index in [2.05, 4.69) is 15.6 Å². The van der Waals surface area contributed by atoms with Crippen molar-refractivity contribution in [3.8, 4) is 0 Å². The van der Waals surface area contributed by atoms with Gasteiger partial charge >= 0.3 is 12.2 Å². The first-order chi connectivity index (χ1) is 16.7. The molecule has 1 aromatic heterocycles. The molecule has 35 heavy (non-hydrogen) atoms. The molecule has 2 N–H and O–H groups in total. The molecule has 2 aromatic carbocycles. The standard InChI is InChI=1S/C25H22ClF4N3O2/c26-19-6-7-22(31-14-19)24(13-16-4-2-1-3-5-16,33-23(34)32-21-8-9-35-15-21)17-10-18(25(28,29)30)12-20(27)11-17/h1-7,10-12,14,21H,8-9,13,15H2,(H2,32,33,34)/t21-,24+/m1/s1. The van der Waals surface area contributed by atoms with Crippen molar-refractivity contribution in [3.05, 3.63) is 100 Å². The number of urea groups is 1. The summed E-state index contributed by atoms with van der Waals surface area (Å²) in [5, 5.41) is 5.90. The van der Waals surface area contributed by atoms with E-state index in [1.807, 2.05) is 0 Å². The van der Waals surface area contributed by atoms with Gasteiger partial charge in [0.25, 0.3) is 0 Å². The predicted octanol–water partition coefficient (Wildman–Crippen LogP) is 5.47. The minimum atomic E-state index is -4.80. The molecule has 1 fully saturated rings. The van der Waals surface area contributed by atoms with Gasteiger partial charge in [0.2, 0.25) is 0 Å². The number of aromatic nitrogens is 1. The van der Waals surface area contributed by atoms with E-state index in [1.54, 1.807) is 30.3 Å². The third kappa shape index (κ3) is 5.91. The van der Waals surface area contributed by atoms with Crippen LogP contribution < -0.4 is 10.6 Å². The number of rotatable bonds is 6. The Balaban J connectivity index is 1.89. The highest BCUT2D eigenvalue weighted by Gasteiger charge is 2.41. The molecule has 3 aromatic rings. The van der Waals surface area contributed by atoms with E-state index in [0.29, 0.717) is 36.3 Å². The summed E-state index contributed by atoms with van der Waals surface area (Å²) in [6, 6.07) is 13.2. The van der Waals surface area contributed by atoms with E-state index in [4.69, 9.17) is 16.3 Å². The number of hydrogen-bond donors (Lipinski definition) is 2. The fraction of sp³-hybridized carbons (Fsp3) is 0.280. The average Bonchev–Trinajstić information content (AvgIpc) is 3.31. The number of amides is 2. The Morgan fingerprint density at radius 3 is 2.46 bits per heavy atom. The van der Waals surface area contributed by atoms with Gasteiger partial charge < -0.3 is 15.4 Å². The van der Waals surface area contributed by atoms with E-state index in [9.17, 15) is 22.4 Å². The van der Waals surface area contributed by atoms with Crippen molar-refractivity contribution < 1.29 is 27.1 Å². The van der Waals surface area contributed by atoms with Crippen LogP contribution in [0.15, 0.2) is 66.9 Å². The zero-order valence-electron chi connectivity index (χ0n) is 18.4. The lowest BCUT2D eigenvalue weighted by molar-refractivity contribution is -0.137. The van der Waals surface area contributed by atoms with Gasteiger partial charge in [0.05, 0.1) is 28.9 Å². The van der Waals surface area contributed by atoms with Crippen molar-refractivity contribution in [2.45, 2.75) is 30.6 Å². The molecule has 0 spiro atoms. The summed E-state index contributed by atoms with van der Waals surface area (Å²) in [5.74, 6) is -1.09. The second-order valence-corrected chi connectivity index (χ2v) is 8.75. The quantitative estimate of drug-likeness (QED) is 0.435. The number of alkyl halides is 3. The molecule has 5 nitrogen and oxygen atoms in total. The summed E-state index contributed by atoms with van der Waals surface area (Å²) < 4.78 is 60.8. The molecule has 4 rings (SSSR count). The van der Waals surface area contributed by atoms with Crippen LogP contribution in [-0.4, -0.2) is 30.3 Å². The molecule has 0 saturated carbocycles. The van der Waals surface area contributed by atoms with Crippen molar-refractivity contribution in [2.75, 3.05) is 13.2 Å². The molecule has 0 unspecified atom stereocenters. The number of ether oxygens (including phenoxy) is 1. The third-order valence-corrected chi connectivity index (χ3v) is 6.01. The van der Waals surface area contributed by atoms with Crippen LogP contribution in [0.25, 0.3) is 0 Å². The van der Waals surface area contributed by atoms with Crippen molar-refractivity contribution in [3.63, 3.8) is 0 Å². The average molecular weight is 508 g/mol. The van der Waals surface area contributed by atoms with Gasteiger partial charge in [-0.15, -0.1) is 0 Å². The molecule has 1 aliphatic rings. The van der Waals surface area contributed by atoms with Gasteiger partial charge in [-0.1, -0.05) is 41.9 Å². The summed E-state index contributed by atoms with van der Waals surface area (Å²) in [6.45, 7) is 0.800. The van der Waals surface area contributed by atoms with Crippen molar-refractivity contribution in [1.29, 1.82) is 0 Å². The van der Waals surface area contributed by atoms with E-state index in [1.165, 1.54) is 18.3 Å². The van der Waals surface area contributed by atoms with Gasteiger partial charge in [-0.25, -0.2) is 9.18 Å². The molecule has 0 aliphatic carbocycles. The molecule has 2 heterocycles. The van der Waals surface area contributed by atoms with E-state index < -0.39 is 29.1 Å². The van der Waals surface area contributed by atoms with Gasteiger partial charge in [0.15, 0.2) is 0 Å². The van der Waals surface area contributed by atoms with Crippen molar-refractivity contribution in [1.82, 2.24) is 15.6 Å². The number of pyridine rings is 1. The summed E-state index contributed by atoms with van der Waals surface area (Å²) in [6.07, 6.45) is -2.88. The van der Waals surface area contributed by atoms with Gasteiger partial charge in [-0.05, 0) is 47.9 Å². The largest absolute Gasteiger partial charge is 0.416 e. The van der Waals surface area contributed by atoms with Crippen molar-refractivity contribution >= 4 is 17.6 Å². The molecule has 1 aliphatic heterocycles. The van der Waals surface area contributed by atoms with Crippen LogP contribution in [0.2, 0.25) is 5.02 Å². The Hall–Kier alpha value is -3.17. The zero-order valence-corrected chi connectivity index (χ0v) is 19.2. The fourth-order valence-corrected chi connectivity index (χ4v) is 4.23. The van der Waals surface area contributed by atoms with Crippen LogP contribution in [-0.2, 0) is 22.9 Å². The molecular weight excluding hydrogens is 486 g/mol. The van der Waals surface area contributed by atoms with Crippen LogP contribution in [0.4, 0.5) is 22.4 Å². The van der Waals surface area contributed by atoms with E-state index in [-0.39, 0.29) is 23.7 Å². The monoisotopic (exact) mass is 507 g/mol. The molecule has 0 bridgehead atoms. The fourth-order valence-electron chi connectivity index (χ4n) is 4.11. The Morgan fingerprint density at radius 2 is 1.83 bits per heavy atom. The maximum Gasteiger partial charge on any atom is 0.416 e. The number of carbonyl (C=O) groups excluding carboxylic acids is 1. The molecule has 0 radical (unpaired) electrons. The molecule has 1 saturated heterocycles. The minimum absolute atomic E-state index is 0.00217. The molecular formula is C25H22ClF4N3O2. The number of hydrogen-bond acceptors (Lipinski definition) is 3. The topological polar surface area (TPSA) is 63.2 Å². The third-order valence-electron chi connectivity index (χ3n) is 5.79. The predicted molar refractivity (Wildman–Crippen MR) is 122 cm³/mol. The van der Waals surface area contributed by atoms with Gasteiger partial charge in [-0.3, -0.25) is 4.98 Å². The van der Waals surface area contributed by atoms with Crippen LogP contribution in [0.5, 0.6) is 0 Å². The molecule has 10 heteroatoms. The highest BCUT2D eigenvalue weighted by molar-refractivity contribution is 6.30. The lowest BCUT2D eigenvalue weighted by atomic mass is 9.79. The van der Waals surface area contributed by atoms with Gasteiger partial charge in [-0.2, -0.15) is 13.2 Å². The molecule has 184 valence electrons. The lowest BCUT2D eigenvalue weighted by Gasteiger charge is -2.36. The number of nitrogens with zero attached hydrogens (tertiary/aromatic N) is 1. The second kappa shape index (κ2) is 10.2. The Labute approximate surface area is 204 Å². The maximum atomic E-state index is 14.6. The van der Waals surface area contributed by atoms with E-state index in [0.717, 1.165) is 12.1 Å². The molecule has 2 amide bonds. The molecule has 2 atom stereocenters. The van der Waals surface area contributed by atoms with Crippen LogP contribution in [0.1, 0.15) is 28.8 Å². The number of carbonyl (C=O) groups is 1. The Bertz CT molecular complexity index is 1170. The number of halogens is 5. The zero-order chi connectivity index (χ0) is 25.1. The summed E-state index contributed by atoms with van der Waals surface area (Å²) in [7, 11) is 0. The summed E-state index contributed by atoms with van der Waals surface area (Å²) >= 11 is 6.01. The van der Waals surface area contributed by atoms with Gasteiger partial charge in [0.1, 0.15) is 11.4 Å². The maximum absolute atomic E-state index is 14.6.